The third-order valence-corrected chi connectivity index (χ3v) is 7.31. The minimum absolute atomic E-state index is 0.0504. The van der Waals surface area contributed by atoms with E-state index in [0.717, 1.165) is 49.3 Å². The Labute approximate surface area is 175 Å². The molecule has 3 aromatic rings. The molecule has 7 nitrogen and oxygen atoms in total. The van der Waals surface area contributed by atoms with Crippen LogP contribution in [-0.2, 0) is 16.1 Å². The average Bonchev–Trinajstić information content (AvgIpc) is 3.50. The van der Waals surface area contributed by atoms with Crippen LogP contribution in [0.1, 0.15) is 28.8 Å². The molecule has 29 heavy (non-hydrogen) atoms. The van der Waals surface area contributed by atoms with Gasteiger partial charge in [0.15, 0.2) is 0 Å². The van der Waals surface area contributed by atoms with Gasteiger partial charge < -0.3 is 0 Å². The van der Waals surface area contributed by atoms with Crippen LogP contribution in [0.2, 0.25) is 0 Å². The Balaban J connectivity index is 1.35. The highest BCUT2D eigenvalue weighted by Crippen LogP contribution is 2.36. The Kier molecular flexibility index (Phi) is 4.65. The molecule has 0 unspecified atom stereocenters. The minimum atomic E-state index is -0.751. The lowest BCUT2D eigenvalue weighted by Crippen LogP contribution is -2.42. The maximum Gasteiger partial charge on any atom is 0.335 e. The number of rotatable bonds is 5. The number of hydrogen-bond donors (Lipinski definition) is 0. The van der Waals surface area contributed by atoms with E-state index in [1.165, 1.54) is 11.3 Å². The lowest BCUT2D eigenvalue weighted by Gasteiger charge is -2.26. The molecular formula is C20H18N4O3S2. The lowest BCUT2D eigenvalue weighted by molar-refractivity contribution is -0.144. The highest BCUT2D eigenvalue weighted by atomic mass is 32.1. The number of urea groups is 1. The average molecular weight is 427 g/mol. The van der Waals surface area contributed by atoms with E-state index in [1.54, 1.807) is 11.3 Å². The van der Waals surface area contributed by atoms with E-state index >= 15 is 0 Å². The summed E-state index contributed by atoms with van der Waals surface area (Å²) in [5.41, 5.74) is 0.963. The van der Waals surface area contributed by atoms with Gasteiger partial charge >= 0.3 is 17.8 Å². The highest BCUT2D eigenvalue weighted by Gasteiger charge is 2.46. The molecule has 9 heteroatoms. The van der Waals surface area contributed by atoms with E-state index in [9.17, 15) is 14.4 Å². The van der Waals surface area contributed by atoms with Crippen LogP contribution >= 0.6 is 22.7 Å². The number of fused-ring (bicyclic) bond motifs is 1. The Morgan fingerprint density at radius 2 is 1.86 bits per heavy atom. The summed E-state index contributed by atoms with van der Waals surface area (Å²) in [7, 11) is 0. The smallest absolute Gasteiger partial charge is 0.276 e. The largest absolute Gasteiger partial charge is 0.335 e. The lowest BCUT2D eigenvalue weighted by atomic mass is 10.2. The van der Waals surface area contributed by atoms with Crippen LogP contribution in [0, 0.1) is 0 Å². The van der Waals surface area contributed by atoms with Gasteiger partial charge in [-0.1, -0.05) is 18.2 Å². The van der Waals surface area contributed by atoms with Crippen LogP contribution in [0.3, 0.4) is 0 Å². The fraction of sp³-hybridized carbons (Fsp3) is 0.300. The fourth-order valence-electron chi connectivity index (χ4n) is 3.86. The van der Waals surface area contributed by atoms with Crippen molar-refractivity contribution in [2.24, 2.45) is 0 Å². The van der Waals surface area contributed by atoms with E-state index in [0.29, 0.717) is 0 Å². The predicted octanol–water partition coefficient (Wildman–Crippen LogP) is 3.44. The number of thiazole rings is 1. The van der Waals surface area contributed by atoms with Crippen LogP contribution in [0.25, 0.3) is 10.2 Å². The number of hydrogen-bond acceptors (Lipinski definition) is 7. The number of imide groups is 2. The zero-order valence-electron chi connectivity index (χ0n) is 15.5. The summed E-state index contributed by atoms with van der Waals surface area (Å²) >= 11 is 3.10. The van der Waals surface area contributed by atoms with Crippen LogP contribution in [0.5, 0.6) is 0 Å². The first-order valence-corrected chi connectivity index (χ1v) is 11.1. The molecule has 0 aliphatic carbocycles. The Hall–Kier alpha value is -2.62. The Bertz CT molecular complexity index is 1060. The highest BCUT2D eigenvalue weighted by molar-refractivity contribution is 7.18. The predicted molar refractivity (Wildman–Crippen MR) is 110 cm³/mol. The zero-order chi connectivity index (χ0) is 20.0. The third-order valence-electron chi connectivity index (χ3n) is 5.31. The van der Waals surface area contributed by atoms with E-state index in [4.69, 9.17) is 4.98 Å². The van der Waals surface area contributed by atoms with E-state index in [1.807, 2.05) is 41.8 Å². The topological polar surface area (TPSA) is 73.8 Å². The molecule has 0 N–H and O–H groups in total. The van der Waals surface area contributed by atoms with Crippen molar-refractivity contribution in [1.82, 2.24) is 19.7 Å². The van der Waals surface area contributed by atoms with E-state index in [2.05, 4.69) is 4.90 Å². The molecule has 2 aromatic heterocycles. The number of thiophene rings is 1. The molecule has 4 heterocycles. The molecule has 4 amide bonds. The van der Waals surface area contributed by atoms with Gasteiger partial charge in [0.05, 0.1) is 29.5 Å². The molecule has 0 saturated carbocycles. The number of aromatic nitrogens is 1. The molecule has 148 valence electrons. The quantitative estimate of drug-likeness (QED) is 0.462. The number of para-hydroxylation sites is 1. The van der Waals surface area contributed by atoms with Gasteiger partial charge in [-0.15, -0.1) is 22.7 Å². The molecule has 1 aromatic carbocycles. The molecule has 2 aliphatic heterocycles. The maximum atomic E-state index is 12.8. The zero-order valence-corrected chi connectivity index (χ0v) is 17.1. The van der Waals surface area contributed by atoms with Crippen molar-refractivity contribution in [3.8, 4) is 0 Å². The van der Waals surface area contributed by atoms with Gasteiger partial charge in [0, 0.05) is 11.4 Å². The van der Waals surface area contributed by atoms with Gasteiger partial charge in [-0.05, 0) is 36.4 Å². The first kappa shape index (κ1) is 18.4. The number of likely N-dealkylation sites (tertiary alicyclic amines) is 1. The third kappa shape index (κ3) is 3.25. The number of benzene rings is 1. The second-order valence-corrected chi connectivity index (χ2v) is 9.21. The van der Waals surface area contributed by atoms with Crippen molar-refractivity contribution < 1.29 is 14.4 Å². The van der Waals surface area contributed by atoms with E-state index < -0.39 is 17.8 Å². The standard InChI is InChI=1S/C20H18N4O3S2/c25-18-19(26)24(20(27)23(18)11-13-5-4-10-28-13)12-22-9-3-7-15(22)17-21-14-6-1-2-8-16(14)29-17/h1-2,4-6,8,10,15H,3,7,9,11-12H2/t15-/m1/s1. The van der Waals surface area contributed by atoms with E-state index in [-0.39, 0.29) is 19.3 Å². The molecular weight excluding hydrogens is 408 g/mol. The summed E-state index contributed by atoms with van der Waals surface area (Å²) in [6.45, 7) is 1.01. The second kappa shape index (κ2) is 7.33. The SMILES string of the molecule is O=C1C(=O)N(CN2CCC[C@@H]2c2nc3ccccc3s2)C(=O)N1Cc1cccs1. The van der Waals surface area contributed by atoms with Crippen molar-refractivity contribution in [2.75, 3.05) is 13.2 Å². The van der Waals surface area contributed by atoms with Crippen LogP contribution in [0.4, 0.5) is 4.79 Å². The number of amides is 4. The molecule has 0 bridgehead atoms. The van der Waals surface area contributed by atoms with Crippen molar-refractivity contribution in [1.29, 1.82) is 0 Å². The number of carbonyl (C=O) groups excluding carboxylic acids is 3. The molecule has 2 fully saturated rings. The molecule has 5 rings (SSSR count). The first-order valence-electron chi connectivity index (χ1n) is 9.41. The summed E-state index contributed by atoms with van der Waals surface area (Å²) in [5, 5.41) is 2.87. The molecule has 2 aliphatic rings. The van der Waals surface area contributed by atoms with Crippen molar-refractivity contribution in [3.05, 3.63) is 51.7 Å². The van der Waals surface area contributed by atoms with Gasteiger partial charge in [-0.25, -0.2) is 14.7 Å². The van der Waals surface area contributed by atoms with Gasteiger partial charge in [-0.3, -0.25) is 19.4 Å². The second-order valence-electron chi connectivity index (χ2n) is 7.12. The summed E-state index contributed by atoms with van der Waals surface area (Å²) in [5.74, 6) is -1.50. The van der Waals surface area contributed by atoms with Gasteiger partial charge in [0.25, 0.3) is 0 Å². The van der Waals surface area contributed by atoms with Gasteiger partial charge in [0.1, 0.15) is 5.01 Å². The summed E-state index contributed by atoms with van der Waals surface area (Å²) < 4.78 is 1.12. The van der Waals surface area contributed by atoms with Crippen molar-refractivity contribution in [3.63, 3.8) is 0 Å². The van der Waals surface area contributed by atoms with Crippen LogP contribution < -0.4 is 0 Å². The Morgan fingerprint density at radius 3 is 2.66 bits per heavy atom. The first-order chi connectivity index (χ1) is 14.1. The number of nitrogens with zero attached hydrogens (tertiary/aromatic N) is 4. The summed E-state index contributed by atoms with van der Waals surface area (Å²) in [4.78, 5) is 47.5. The van der Waals surface area contributed by atoms with Crippen LogP contribution in [-0.4, -0.2) is 50.7 Å². The Morgan fingerprint density at radius 1 is 1.03 bits per heavy atom. The monoisotopic (exact) mass is 426 g/mol. The van der Waals surface area contributed by atoms with Crippen molar-refractivity contribution in [2.45, 2.75) is 25.4 Å². The van der Waals surface area contributed by atoms with Gasteiger partial charge in [0.2, 0.25) is 0 Å². The fourth-order valence-corrected chi connectivity index (χ4v) is 5.69. The van der Waals surface area contributed by atoms with Crippen LogP contribution in [0.15, 0.2) is 41.8 Å². The molecule has 1 atom stereocenters. The molecule has 0 spiro atoms. The summed E-state index contributed by atoms with van der Waals surface area (Å²) in [6, 6.07) is 11.2. The molecule has 2 saturated heterocycles. The minimum Gasteiger partial charge on any atom is -0.276 e. The van der Waals surface area contributed by atoms with Crippen molar-refractivity contribution >= 4 is 50.7 Å². The summed E-state index contributed by atoms with van der Waals surface area (Å²) in [6.07, 6.45) is 1.88. The normalized spacial score (nSPS) is 20.6. The van der Waals surface area contributed by atoms with Gasteiger partial charge in [-0.2, -0.15) is 0 Å². The molecule has 0 radical (unpaired) electrons. The maximum absolute atomic E-state index is 12.8. The number of carbonyl (C=O) groups is 3.